The van der Waals surface area contributed by atoms with E-state index in [1.165, 1.54) is 11.9 Å². The van der Waals surface area contributed by atoms with Crippen LogP contribution in [0.15, 0.2) is 30.3 Å². The topological polar surface area (TPSA) is 131 Å². The van der Waals surface area contributed by atoms with Crippen molar-refractivity contribution in [3.05, 3.63) is 35.9 Å². The number of nitrogens with one attached hydrogen (secondary N) is 2. The van der Waals surface area contributed by atoms with Gasteiger partial charge >= 0.3 is 11.9 Å². The van der Waals surface area contributed by atoms with Crippen LogP contribution in [0.1, 0.15) is 86.1 Å². The Labute approximate surface area is 256 Å². The van der Waals surface area contributed by atoms with Crippen LogP contribution < -0.4 is 10.6 Å². The van der Waals surface area contributed by atoms with Gasteiger partial charge in [-0.25, -0.2) is 4.79 Å². The summed E-state index contributed by atoms with van der Waals surface area (Å²) in [6.07, 6.45) is 0.776. The van der Waals surface area contributed by atoms with Crippen LogP contribution in [-0.4, -0.2) is 72.4 Å². The van der Waals surface area contributed by atoms with E-state index in [0.717, 1.165) is 18.4 Å². The van der Waals surface area contributed by atoms with E-state index < -0.39 is 65.3 Å². The summed E-state index contributed by atoms with van der Waals surface area (Å²) < 4.78 is 11.7. The molecule has 5 atom stereocenters. The van der Waals surface area contributed by atoms with Gasteiger partial charge in [0.05, 0.1) is 11.8 Å². The van der Waals surface area contributed by atoms with Gasteiger partial charge in [0, 0.05) is 20.0 Å². The number of unbranched alkanes of at least 4 members (excludes halogenated alkanes) is 1. The zero-order chi connectivity index (χ0) is 32.3. The molecule has 0 spiro atoms. The third-order valence-corrected chi connectivity index (χ3v) is 8.35. The number of ether oxygens (including phenoxy) is 2. The van der Waals surface area contributed by atoms with Crippen molar-refractivity contribution in [2.45, 2.75) is 111 Å². The summed E-state index contributed by atoms with van der Waals surface area (Å²) in [7, 11) is 1.51. The molecule has 2 rings (SSSR count). The highest BCUT2D eigenvalue weighted by Gasteiger charge is 2.43. The number of likely N-dealkylation sites (N-methyl/N-ethyl adjacent to an activating group) is 1. The second kappa shape index (κ2) is 16.4. The number of nitrogens with zero attached hydrogens (tertiary/aromatic N) is 1. The van der Waals surface area contributed by atoms with Gasteiger partial charge in [0.25, 0.3) is 5.91 Å². The maximum Gasteiger partial charge on any atom is 0.329 e. The fourth-order valence-corrected chi connectivity index (χ4v) is 4.99. The Kier molecular flexibility index (Phi) is 13.7. The van der Waals surface area contributed by atoms with Crippen LogP contribution in [0.2, 0.25) is 0 Å². The Morgan fingerprint density at radius 3 is 2.23 bits per heavy atom. The van der Waals surface area contributed by atoms with Gasteiger partial charge in [-0.15, -0.1) is 0 Å². The summed E-state index contributed by atoms with van der Waals surface area (Å²) in [6.45, 7) is 12.6. The standard InChI is InChI=1S/C33H51N3O7/c1-9-11-17-25-33(6,7)32(41)35-27(22(5)10-2)31(40)43-28(21(3)4)30(39)36(8)24(20-23-15-13-12-14-16-23)29(38)34-19-18-26(37)42-25/h12-16,21-22,24-25,27-28H,9-11,17-20H2,1-8H3,(H,34,38)(H,35,41)/t22-,24+,25+,27-,28+/m0/s1. The van der Waals surface area contributed by atoms with Crippen molar-refractivity contribution in [2.75, 3.05) is 13.6 Å². The molecule has 1 aliphatic rings. The number of amides is 3. The monoisotopic (exact) mass is 601 g/mol. The smallest absolute Gasteiger partial charge is 0.329 e. The van der Waals surface area contributed by atoms with Crippen LogP contribution >= 0.6 is 0 Å². The number of rotatable bonds is 8. The first-order valence-corrected chi connectivity index (χ1v) is 15.5. The molecule has 10 heteroatoms. The normalized spacial score (nSPS) is 25.3. The van der Waals surface area contributed by atoms with E-state index in [1.807, 2.05) is 51.1 Å². The van der Waals surface area contributed by atoms with Crippen molar-refractivity contribution < 1.29 is 33.4 Å². The molecule has 0 bridgehead atoms. The molecule has 1 aromatic carbocycles. The molecule has 2 N–H and O–H groups in total. The van der Waals surface area contributed by atoms with Gasteiger partial charge in [-0.05, 0) is 37.7 Å². The lowest BCUT2D eigenvalue weighted by Gasteiger charge is -2.35. The maximum atomic E-state index is 13.8. The Hall–Kier alpha value is -3.43. The lowest BCUT2D eigenvalue weighted by molar-refractivity contribution is -0.168. The van der Waals surface area contributed by atoms with Crippen molar-refractivity contribution in [1.82, 2.24) is 15.5 Å². The molecule has 0 saturated carbocycles. The molecule has 240 valence electrons. The SMILES string of the molecule is CCCC[C@H]1OC(=O)CCNC(=O)[C@@H](Cc2ccccc2)N(C)C(=O)[C@@H](C(C)C)OC(=O)[C@H]([C@@H](C)CC)NC(=O)C1(C)C. The number of esters is 2. The van der Waals surface area contributed by atoms with Gasteiger partial charge in [0.1, 0.15) is 18.2 Å². The van der Waals surface area contributed by atoms with Gasteiger partial charge in [-0.3, -0.25) is 19.2 Å². The van der Waals surface area contributed by atoms with E-state index >= 15 is 0 Å². The highest BCUT2D eigenvalue weighted by Crippen LogP contribution is 2.29. The van der Waals surface area contributed by atoms with Gasteiger partial charge in [0.15, 0.2) is 6.10 Å². The number of hydrogen-bond donors (Lipinski definition) is 2. The van der Waals surface area contributed by atoms with Gasteiger partial charge in [0.2, 0.25) is 11.8 Å². The number of carbonyl (C=O) groups excluding carboxylic acids is 5. The van der Waals surface area contributed by atoms with Crippen molar-refractivity contribution in [3.63, 3.8) is 0 Å². The zero-order valence-electron chi connectivity index (χ0n) is 27.1. The van der Waals surface area contributed by atoms with Gasteiger partial charge < -0.3 is 25.0 Å². The first-order valence-electron chi connectivity index (χ1n) is 15.5. The summed E-state index contributed by atoms with van der Waals surface area (Å²) in [5, 5.41) is 5.64. The number of carbonyl (C=O) groups is 5. The average molecular weight is 602 g/mol. The fourth-order valence-electron chi connectivity index (χ4n) is 4.99. The van der Waals surface area contributed by atoms with Crippen LogP contribution in [0.25, 0.3) is 0 Å². The first-order chi connectivity index (χ1) is 20.2. The summed E-state index contributed by atoms with van der Waals surface area (Å²) in [5.41, 5.74) is -0.325. The molecule has 3 amide bonds. The summed E-state index contributed by atoms with van der Waals surface area (Å²) >= 11 is 0. The largest absolute Gasteiger partial charge is 0.461 e. The second-order valence-electron chi connectivity index (χ2n) is 12.5. The lowest BCUT2D eigenvalue weighted by atomic mass is 9.82. The summed E-state index contributed by atoms with van der Waals surface area (Å²) in [5.74, 6) is -3.41. The zero-order valence-corrected chi connectivity index (χ0v) is 27.1. The molecule has 1 aromatic rings. The van der Waals surface area contributed by atoms with E-state index in [9.17, 15) is 24.0 Å². The molecule has 0 radical (unpaired) electrons. The molecular formula is C33H51N3O7. The van der Waals surface area contributed by atoms with Gasteiger partial charge in [-0.1, -0.05) is 84.2 Å². The van der Waals surface area contributed by atoms with E-state index in [0.29, 0.717) is 12.8 Å². The van der Waals surface area contributed by atoms with Crippen molar-refractivity contribution in [1.29, 1.82) is 0 Å². The Morgan fingerprint density at radius 1 is 1.00 bits per heavy atom. The molecule has 0 unspecified atom stereocenters. The maximum absolute atomic E-state index is 13.8. The second-order valence-corrected chi connectivity index (χ2v) is 12.5. The molecular weight excluding hydrogens is 550 g/mol. The van der Waals surface area contributed by atoms with Crippen molar-refractivity contribution >= 4 is 29.7 Å². The highest BCUT2D eigenvalue weighted by molar-refractivity contribution is 5.92. The van der Waals surface area contributed by atoms with E-state index in [2.05, 4.69) is 10.6 Å². The van der Waals surface area contributed by atoms with E-state index in [-0.39, 0.29) is 25.3 Å². The predicted octanol–water partition coefficient (Wildman–Crippen LogP) is 3.80. The van der Waals surface area contributed by atoms with Crippen LogP contribution in [0.4, 0.5) is 0 Å². The minimum atomic E-state index is -1.18. The van der Waals surface area contributed by atoms with Gasteiger partial charge in [-0.2, -0.15) is 0 Å². The minimum absolute atomic E-state index is 0.00318. The molecule has 10 nitrogen and oxygen atoms in total. The quantitative estimate of drug-likeness (QED) is 0.434. The van der Waals surface area contributed by atoms with Crippen molar-refractivity contribution in [3.8, 4) is 0 Å². The fraction of sp³-hybridized carbons (Fsp3) is 0.667. The Morgan fingerprint density at radius 2 is 1.65 bits per heavy atom. The molecule has 0 aromatic heterocycles. The number of hydrogen-bond acceptors (Lipinski definition) is 7. The number of cyclic esters (lactones) is 2. The minimum Gasteiger partial charge on any atom is -0.461 e. The van der Waals surface area contributed by atoms with E-state index in [4.69, 9.17) is 9.47 Å². The molecule has 0 aliphatic carbocycles. The summed E-state index contributed by atoms with van der Waals surface area (Å²) in [6, 6.07) is 7.33. The third kappa shape index (κ3) is 9.79. The lowest BCUT2D eigenvalue weighted by Crippen LogP contribution is -2.56. The molecule has 1 aliphatic heterocycles. The molecule has 43 heavy (non-hydrogen) atoms. The highest BCUT2D eigenvalue weighted by atomic mass is 16.6. The van der Waals surface area contributed by atoms with Crippen LogP contribution in [0.5, 0.6) is 0 Å². The molecule has 1 heterocycles. The predicted molar refractivity (Wildman–Crippen MR) is 164 cm³/mol. The average Bonchev–Trinajstić information content (AvgIpc) is 2.97. The Balaban J connectivity index is 2.55. The molecule has 1 saturated heterocycles. The summed E-state index contributed by atoms with van der Waals surface area (Å²) in [4.78, 5) is 68.9. The van der Waals surface area contributed by atoms with Crippen molar-refractivity contribution in [2.24, 2.45) is 17.3 Å². The third-order valence-electron chi connectivity index (χ3n) is 8.35. The van der Waals surface area contributed by atoms with Crippen LogP contribution in [-0.2, 0) is 39.9 Å². The Bertz CT molecular complexity index is 1100. The van der Waals surface area contributed by atoms with Crippen LogP contribution in [0, 0.1) is 17.3 Å². The van der Waals surface area contributed by atoms with Crippen LogP contribution in [0.3, 0.4) is 0 Å². The molecule has 1 fully saturated rings. The first kappa shape index (κ1) is 35.8. The van der Waals surface area contributed by atoms with E-state index in [1.54, 1.807) is 27.7 Å². The number of benzene rings is 1.